The molecule has 4 rings (SSSR count). The van der Waals surface area contributed by atoms with E-state index in [1.54, 1.807) is 6.20 Å². The van der Waals surface area contributed by atoms with Crippen molar-refractivity contribution < 1.29 is 15.0 Å². The van der Waals surface area contributed by atoms with Gasteiger partial charge in [0.1, 0.15) is 11.0 Å². The molecule has 1 aliphatic carbocycles. The van der Waals surface area contributed by atoms with Gasteiger partial charge in [-0.05, 0) is 31.6 Å². The van der Waals surface area contributed by atoms with Gasteiger partial charge in [-0.25, -0.2) is 14.5 Å². The molecule has 0 amide bonds. The van der Waals surface area contributed by atoms with E-state index in [-0.39, 0.29) is 23.4 Å². The topological polar surface area (TPSA) is 119 Å². The fraction of sp³-hybridized carbons (Fsp3) is 0.438. The minimum Gasteiger partial charge on any atom is -0.492 e. The van der Waals surface area contributed by atoms with Crippen LogP contribution in [0.2, 0.25) is 0 Å². The van der Waals surface area contributed by atoms with Crippen molar-refractivity contribution in [3.63, 3.8) is 0 Å². The fourth-order valence-corrected chi connectivity index (χ4v) is 3.34. The Hall–Kier alpha value is -2.97. The number of hydrogen-bond donors (Lipinski definition) is 2. The van der Waals surface area contributed by atoms with Crippen LogP contribution in [0.1, 0.15) is 49.0 Å². The molecule has 0 aromatic carbocycles. The number of carbonyl (C=O) groups is 1. The number of nitrogens with zero attached hydrogens (tertiary/aromatic N) is 6. The molecule has 0 atom stereocenters. The summed E-state index contributed by atoms with van der Waals surface area (Å²) >= 11 is 0. The van der Waals surface area contributed by atoms with E-state index in [2.05, 4.69) is 27.1 Å². The van der Waals surface area contributed by atoms with Gasteiger partial charge in [0, 0.05) is 6.20 Å². The summed E-state index contributed by atoms with van der Waals surface area (Å²) in [6.45, 7) is 2.25. The van der Waals surface area contributed by atoms with Crippen LogP contribution in [0.4, 0.5) is 0 Å². The van der Waals surface area contributed by atoms with Gasteiger partial charge in [-0.15, -0.1) is 0 Å². The Labute approximate surface area is 142 Å². The average molecular weight is 342 g/mol. The van der Waals surface area contributed by atoms with Gasteiger partial charge >= 0.3 is 5.97 Å². The van der Waals surface area contributed by atoms with Gasteiger partial charge in [0.15, 0.2) is 0 Å². The molecule has 0 saturated heterocycles. The molecule has 25 heavy (non-hydrogen) atoms. The number of aromatic carboxylic acids is 1. The van der Waals surface area contributed by atoms with E-state index in [0.717, 1.165) is 31.6 Å². The number of carboxylic acids is 1. The summed E-state index contributed by atoms with van der Waals surface area (Å²) in [5.74, 6) is -0.438. The van der Waals surface area contributed by atoms with Crippen molar-refractivity contribution in [2.24, 2.45) is 5.92 Å². The van der Waals surface area contributed by atoms with E-state index in [0.29, 0.717) is 11.0 Å². The highest BCUT2D eigenvalue weighted by Gasteiger charge is 2.24. The summed E-state index contributed by atoms with van der Waals surface area (Å²) in [6, 6.07) is 0.234. The standard InChI is InChI=1S/C16H18N6O3/c1-9-2-4-11(5-3-9)22-13-12(7-18-22)19-16(20-14(13)23)21-8-10(6-17-21)15(24)25/h6-9,11H,2-5H2,1H3,(H,24,25)(H,19,20,23)/t9-,11+. The van der Waals surface area contributed by atoms with Gasteiger partial charge in [-0.2, -0.15) is 15.2 Å². The quantitative estimate of drug-likeness (QED) is 0.748. The van der Waals surface area contributed by atoms with E-state index in [1.165, 1.54) is 17.1 Å². The van der Waals surface area contributed by atoms with E-state index in [9.17, 15) is 9.90 Å². The highest BCUT2D eigenvalue weighted by molar-refractivity contribution is 5.87. The zero-order valence-electron chi connectivity index (χ0n) is 13.7. The van der Waals surface area contributed by atoms with Crippen molar-refractivity contribution in [2.45, 2.75) is 38.6 Å². The number of hydrogen-bond acceptors (Lipinski definition) is 6. The van der Waals surface area contributed by atoms with Crippen molar-refractivity contribution in [1.82, 2.24) is 29.5 Å². The third-order valence-electron chi connectivity index (χ3n) is 4.78. The second-order valence-electron chi connectivity index (χ2n) is 6.56. The first-order valence-corrected chi connectivity index (χ1v) is 8.25. The summed E-state index contributed by atoms with van der Waals surface area (Å²) in [4.78, 5) is 19.4. The van der Waals surface area contributed by atoms with Crippen LogP contribution in [0, 0.1) is 5.92 Å². The fourth-order valence-electron chi connectivity index (χ4n) is 3.34. The molecule has 9 nitrogen and oxygen atoms in total. The van der Waals surface area contributed by atoms with Crippen LogP contribution in [0.15, 0.2) is 18.6 Å². The van der Waals surface area contributed by atoms with Crippen molar-refractivity contribution in [3.8, 4) is 11.8 Å². The summed E-state index contributed by atoms with van der Waals surface area (Å²) in [5.41, 5.74) is 1.04. The minimum absolute atomic E-state index is 0.0233. The van der Waals surface area contributed by atoms with E-state index in [4.69, 9.17) is 5.11 Å². The number of rotatable bonds is 3. The van der Waals surface area contributed by atoms with Gasteiger partial charge in [0.2, 0.25) is 5.88 Å². The second-order valence-corrected chi connectivity index (χ2v) is 6.56. The number of aromatic nitrogens is 6. The van der Waals surface area contributed by atoms with Gasteiger partial charge in [0.05, 0.1) is 24.0 Å². The zero-order valence-corrected chi connectivity index (χ0v) is 13.7. The highest BCUT2D eigenvalue weighted by atomic mass is 16.4. The van der Waals surface area contributed by atoms with Gasteiger partial charge in [-0.3, -0.25) is 4.68 Å². The van der Waals surface area contributed by atoms with Crippen LogP contribution in [0.3, 0.4) is 0 Å². The Kier molecular flexibility index (Phi) is 3.63. The molecule has 3 heterocycles. The highest BCUT2D eigenvalue weighted by Crippen LogP contribution is 2.34. The minimum atomic E-state index is -1.09. The summed E-state index contributed by atoms with van der Waals surface area (Å²) in [6.07, 6.45) is 8.41. The number of carboxylic acid groups (broad SMARTS) is 1. The maximum Gasteiger partial charge on any atom is 0.338 e. The SMILES string of the molecule is C[C@H]1CC[C@@H](n2ncc3nc(-n4cc(C(=O)O)cn4)nc(O)c32)CC1. The lowest BCUT2D eigenvalue weighted by atomic mass is 9.87. The zero-order chi connectivity index (χ0) is 17.6. The molecule has 1 fully saturated rings. The van der Waals surface area contributed by atoms with Crippen LogP contribution >= 0.6 is 0 Å². The summed E-state index contributed by atoms with van der Waals surface area (Å²) in [5, 5.41) is 27.7. The predicted octanol–water partition coefficient (Wildman–Crippen LogP) is 2.17. The molecule has 2 N–H and O–H groups in total. The first-order valence-electron chi connectivity index (χ1n) is 8.25. The molecular weight excluding hydrogens is 324 g/mol. The molecule has 0 aliphatic heterocycles. The Bertz CT molecular complexity index is 939. The molecule has 0 radical (unpaired) electrons. The molecule has 1 aliphatic rings. The third-order valence-corrected chi connectivity index (χ3v) is 4.78. The first kappa shape index (κ1) is 15.6. The first-order chi connectivity index (χ1) is 12.0. The van der Waals surface area contributed by atoms with Crippen LogP contribution in [0.5, 0.6) is 5.88 Å². The molecule has 0 bridgehead atoms. The molecule has 0 spiro atoms. The maximum absolute atomic E-state index is 11.0. The Morgan fingerprint density at radius 3 is 2.60 bits per heavy atom. The van der Waals surface area contributed by atoms with E-state index >= 15 is 0 Å². The molecular formula is C16H18N6O3. The van der Waals surface area contributed by atoms with Gasteiger partial charge in [-0.1, -0.05) is 6.92 Å². The smallest absolute Gasteiger partial charge is 0.338 e. The van der Waals surface area contributed by atoms with Crippen molar-refractivity contribution in [1.29, 1.82) is 0 Å². The average Bonchev–Trinajstić information content (AvgIpc) is 3.22. The second kappa shape index (κ2) is 5.83. The van der Waals surface area contributed by atoms with Crippen molar-refractivity contribution in [2.75, 3.05) is 0 Å². The number of aromatic hydroxyl groups is 1. The molecule has 3 aromatic heterocycles. The lowest BCUT2D eigenvalue weighted by Crippen LogP contribution is -2.17. The predicted molar refractivity (Wildman–Crippen MR) is 87.7 cm³/mol. The normalized spacial score (nSPS) is 20.8. The maximum atomic E-state index is 11.0. The number of fused-ring (bicyclic) bond motifs is 1. The van der Waals surface area contributed by atoms with Crippen molar-refractivity contribution >= 4 is 17.0 Å². The molecule has 9 heteroatoms. The van der Waals surface area contributed by atoms with Crippen LogP contribution in [-0.4, -0.2) is 45.7 Å². The van der Waals surface area contributed by atoms with E-state index in [1.807, 2.05) is 4.68 Å². The molecule has 0 unspecified atom stereocenters. The molecule has 3 aromatic rings. The van der Waals surface area contributed by atoms with Gasteiger partial charge < -0.3 is 10.2 Å². The van der Waals surface area contributed by atoms with E-state index < -0.39 is 5.97 Å². The largest absolute Gasteiger partial charge is 0.492 e. The Morgan fingerprint density at radius 1 is 1.16 bits per heavy atom. The Morgan fingerprint density at radius 2 is 1.92 bits per heavy atom. The lowest BCUT2D eigenvalue weighted by Gasteiger charge is -2.26. The van der Waals surface area contributed by atoms with Crippen LogP contribution in [-0.2, 0) is 0 Å². The summed E-state index contributed by atoms with van der Waals surface area (Å²) < 4.78 is 3.04. The molecule has 130 valence electrons. The Balaban J connectivity index is 1.72. The van der Waals surface area contributed by atoms with Crippen LogP contribution in [0.25, 0.3) is 17.0 Å². The summed E-state index contributed by atoms with van der Waals surface area (Å²) in [7, 11) is 0. The monoisotopic (exact) mass is 342 g/mol. The van der Waals surface area contributed by atoms with Crippen molar-refractivity contribution in [3.05, 3.63) is 24.2 Å². The molecule has 1 saturated carbocycles. The third kappa shape index (κ3) is 2.71. The lowest BCUT2D eigenvalue weighted by molar-refractivity contribution is 0.0697. The van der Waals surface area contributed by atoms with Gasteiger partial charge in [0.25, 0.3) is 5.95 Å². The van der Waals surface area contributed by atoms with Crippen LogP contribution < -0.4 is 0 Å².